The van der Waals surface area contributed by atoms with Crippen LogP contribution in [0.3, 0.4) is 0 Å². The third-order valence-corrected chi connectivity index (χ3v) is 5.33. The van der Waals surface area contributed by atoms with E-state index in [1.54, 1.807) is 19.2 Å². The Morgan fingerprint density at radius 2 is 1.83 bits per heavy atom. The fourth-order valence-corrected chi connectivity index (χ4v) is 3.09. The fraction of sp³-hybridized carbons (Fsp3) is 0.562. The van der Waals surface area contributed by atoms with E-state index in [2.05, 4.69) is 29.5 Å². The Morgan fingerprint density at radius 3 is 2.38 bits per heavy atom. The van der Waals surface area contributed by atoms with Crippen LogP contribution in [-0.4, -0.2) is 46.4 Å². The second-order valence-corrected chi connectivity index (χ2v) is 8.05. The molecule has 6 nitrogen and oxygen atoms in total. The molecule has 0 fully saturated rings. The van der Waals surface area contributed by atoms with Gasteiger partial charge in [-0.05, 0) is 24.0 Å². The molecule has 0 radical (unpaired) electrons. The minimum Gasteiger partial charge on any atom is -0.356 e. The molecular weight excluding hydrogens is 439 g/mol. The van der Waals surface area contributed by atoms with Gasteiger partial charge in [-0.3, -0.25) is 4.99 Å². The molecule has 1 rings (SSSR count). The lowest BCUT2D eigenvalue weighted by Crippen LogP contribution is -2.38. The summed E-state index contributed by atoms with van der Waals surface area (Å²) < 4.78 is 26.0. The zero-order valence-electron chi connectivity index (χ0n) is 15.0. The quantitative estimate of drug-likeness (QED) is 0.366. The van der Waals surface area contributed by atoms with Gasteiger partial charge in [0.25, 0.3) is 0 Å². The molecule has 8 heteroatoms. The molecule has 0 atom stereocenters. The summed E-state index contributed by atoms with van der Waals surface area (Å²) >= 11 is 0. The molecule has 0 bridgehead atoms. The maximum atomic E-state index is 12.4. The number of benzene rings is 1. The highest BCUT2D eigenvalue weighted by atomic mass is 127. The van der Waals surface area contributed by atoms with Crippen LogP contribution in [0.5, 0.6) is 0 Å². The number of sulfonamides is 1. The Balaban J connectivity index is 0.00000529. The van der Waals surface area contributed by atoms with Crippen LogP contribution in [0.4, 0.5) is 0 Å². The van der Waals surface area contributed by atoms with Gasteiger partial charge in [-0.25, -0.2) is 12.7 Å². The molecule has 138 valence electrons. The summed E-state index contributed by atoms with van der Waals surface area (Å²) in [6.45, 7) is 5.56. The number of nitrogens with one attached hydrogen (secondary N) is 2. The molecule has 0 heterocycles. The minimum atomic E-state index is -3.46. The van der Waals surface area contributed by atoms with Gasteiger partial charge >= 0.3 is 0 Å². The van der Waals surface area contributed by atoms with Crippen molar-refractivity contribution in [1.29, 1.82) is 0 Å². The summed E-state index contributed by atoms with van der Waals surface area (Å²) in [4.78, 5) is 4.48. The van der Waals surface area contributed by atoms with Gasteiger partial charge in [0.15, 0.2) is 5.96 Å². The molecule has 0 spiro atoms. The maximum absolute atomic E-state index is 12.4. The molecule has 0 aromatic heterocycles. The van der Waals surface area contributed by atoms with Crippen molar-refractivity contribution in [1.82, 2.24) is 14.9 Å². The summed E-state index contributed by atoms with van der Waals surface area (Å²) in [5, 5.41) is 6.40. The Bertz CT molecular complexity index is 631. The number of halogens is 1. The maximum Gasteiger partial charge on any atom is 0.242 e. The minimum absolute atomic E-state index is 0. The van der Waals surface area contributed by atoms with Gasteiger partial charge in [0.2, 0.25) is 10.0 Å². The summed E-state index contributed by atoms with van der Waals surface area (Å²) in [6, 6.07) is 7.00. The molecule has 2 N–H and O–H groups in total. The number of hydrogen-bond donors (Lipinski definition) is 2. The van der Waals surface area contributed by atoms with E-state index >= 15 is 0 Å². The van der Waals surface area contributed by atoms with Crippen LogP contribution in [0.15, 0.2) is 34.2 Å². The third-order valence-electron chi connectivity index (χ3n) is 3.42. The number of hydrogen-bond acceptors (Lipinski definition) is 3. The van der Waals surface area contributed by atoms with Crippen LogP contribution in [-0.2, 0) is 16.6 Å². The molecule has 0 aliphatic rings. The Morgan fingerprint density at radius 1 is 1.21 bits per heavy atom. The van der Waals surface area contributed by atoms with Crippen LogP contribution in [0, 0.1) is 5.92 Å². The molecule has 0 saturated heterocycles. The SMILES string of the molecule is CN=C(NCCC(C)C)NCc1ccccc1S(=O)(=O)N(C)C.I. The van der Waals surface area contributed by atoms with Crippen molar-refractivity contribution in [2.75, 3.05) is 27.7 Å². The molecule has 0 aliphatic carbocycles. The number of aliphatic imine (C=N–C) groups is 1. The zero-order valence-corrected chi connectivity index (χ0v) is 18.2. The highest BCUT2D eigenvalue weighted by Gasteiger charge is 2.20. The van der Waals surface area contributed by atoms with Gasteiger partial charge in [0, 0.05) is 34.2 Å². The average Bonchev–Trinajstić information content (AvgIpc) is 2.50. The molecule has 0 unspecified atom stereocenters. The van der Waals surface area contributed by atoms with Crippen molar-refractivity contribution < 1.29 is 8.42 Å². The van der Waals surface area contributed by atoms with Crippen molar-refractivity contribution in [3.8, 4) is 0 Å². The fourth-order valence-electron chi connectivity index (χ4n) is 1.98. The van der Waals surface area contributed by atoms with Crippen LogP contribution >= 0.6 is 24.0 Å². The van der Waals surface area contributed by atoms with Crippen LogP contribution in [0.2, 0.25) is 0 Å². The molecule has 1 aromatic rings. The van der Waals surface area contributed by atoms with E-state index < -0.39 is 10.0 Å². The standard InChI is InChI=1S/C16H28N4O2S.HI/c1-13(2)10-11-18-16(17-3)19-12-14-8-6-7-9-15(14)23(21,22)20(4)5;/h6-9,13H,10-12H2,1-5H3,(H2,17,18,19);1H. The number of nitrogens with zero attached hydrogens (tertiary/aromatic N) is 2. The van der Waals surface area contributed by atoms with Crippen molar-refractivity contribution >= 4 is 40.0 Å². The first-order valence-electron chi connectivity index (χ1n) is 7.74. The first-order chi connectivity index (χ1) is 10.8. The Labute approximate surface area is 163 Å². The van der Waals surface area contributed by atoms with E-state index in [9.17, 15) is 8.42 Å². The number of guanidine groups is 1. The van der Waals surface area contributed by atoms with Crippen molar-refractivity contribution in [3.05, 3.63) is 29.8 Å². The average molecular weight is 468 g/mol. The van der Waals surface area contributed by atoms with Gasteiger partial charge in [-0.15, -0.1) is 24.0 Å². The number of rotatable bonds is 7. The molecule has 24 heavy (non-hydrogen) atoms. The lowest BCUT2D eigenvalue weighted by Gasteiger charge is -2.17. The van der Waals surface area contributed by atoms with E-state index in [1.807, 2.05) is 12.1 Å². The Hall–Kier alpha value is -0.870. The van der Waals surface area contributed by atoms with Crippen LogP contribution < -0.4 is 10.6 Å². The zero-order chi connectivity index (χ0) is 17.5. The van der Waals surface area contributed by atoms with Gasteiger partial charge in [0.05, 0.1) is 4.90 Å². The molecule has 0 saturated carbocycles. The van der Waals surface area contributed by atoms with Crippen molar-refractivity contribution in [2.45, 2.75) is 31.7 Å². The molecular formula is C16H29IN4O2S. The second-order valence-electron chi connectivity index (χ2n) is 5.93. The van der Waals surface area contributed by atoms with Gasteiger partial charge in [-0.2, -0.15) is 0 Å². The summed E-state index contributed by atoms with van der Waals surface area (Å²) in [5.74, 6) is 1.29. The van der Waals surface area contributed by atoms with Crippen LogP contribution in [0.1, 0.15) is 25.8 Å². The van der Waals surface area contributed by atoms with E-state index in [0.29, 0.717) is 28.9 Å². The van der Waals surface area contributed by atoms with Gasteiger partial charge < -0.3 is 10.6 Å². The second kappa shape index (κ2) is 10.9. The van der Waals surface area contributed by atoms with E-state index in [0.717, 1.165) is 13.0 Å². The lowest BCUT2D eigenvalue weighted by molar-refractivity contribution is 0.519. The van der Waals surface area contributed by atoms with Crippen molar-refractivity contribution in [3.63, 3.8) is 0 Å². The highest BCUT2D eigenvalue weighted by molar-refractivity contribution is 14.0. The molecule has 0 amide bonds. The highest BCUT2D eigenvalue weighted by Crippen LogP contribution is 2.18. The summed E-state index contributed by atoms with van der Waals surface area (Å²) in [7, 11) is 1.31. The smallest absolute Gasteiger partial charge is 0.242 e. The summed E-state index contributed by atoms with van der Waals surface area (Å²) in [5.41, 5.74) is 0.716. The van der Waals surface area contributed by atoms with Crippen molar-refractivity contribution in [2.24, 2.45) is 10.9 Å². The van der Waals surface area contributed by atoms with E-state index in [4.69, 9.17) is 0 Å². The van der Waals surface area contributed by atoms with Gasteiger partial charge in [-0.1, -0.05) is 32.0 Å². The predicted molar refractivity (Wildman–Crippen MR) is 110 cm³/mol. The van der Waals surface area contributed by atoms with E-state index in [1.165, 1.54) is 18.4 Å². The summed E-state index contributed by atoms with van der Waals surface area (Å²) in [6.07, 6.45) is 1.05. The first kappa shape index (κ1) is 23.1. The largest absolute Gasteiger partial charge is 0.356 e. The Kier molecular flexibility index (Phi) is 10.5. The van der Waals surface area contributed by atoms with Crippen LogP contribution in [0.25, 0.3) is 0 Å². The molecule has 1 aromatic carbocycles. The predicted octanol–water partition coefficient (Wildman–Crippen LogP) is 2.27. The normalized spacial score (nSPS) is 12.2. The topological polar surface area (TPSA) is 73.8 Å². The van der Waals surface area contributed by atoms with E-state index in [-0.39, 0.29) is 24.0 Å². The third kappa shape index (κ3) is 6.94. The molecule has 0 aliphatic heterocycles. The van der Waals surface area contributed by atoms with Gasteiger partial charge in [0.1, 0.15) is 0 Å². The lowest BCUT2D eigenvalue weighted by atomic mass is 10.1. The monoisotopic (exact) mass is 468 g/mol. The first-order valence-corrected chi connectivity index (χ1v) is 9.18.